The Bertz CT molecular complexity index is 900. The van der Waals surface area contributed by atoms with E-state index in [4.69, 9.17) is 4.74 Å². The van der Waals surface area contributed by atoms with Crippen molar-refractivity contribution >= 4 is 11.2 Å². The van der Waals surface area contributed by atoms with Gasteiger partial charge in [0, 0.05) is 13.1 Å². The standard InChI is InChI=1S/C17H19N3O3/c1-9-7-13(10(2)11(3)16(9)22)23-15-6-5-12-17(19-15)20(4)14(8-21)18-12/h5-7,21-22H,8H2,1-4H3. The van der Waals surface area contributed by atoms with Gasteiger partial charge in [-0.2, -0.15) is 4.98 Å². The molecule has 2 N–H and O–H groups in total. The first kappa shape index (κ1) is 15.3. The minimum atomic E-state index is -0.140. The molecule has 2 heterocycles. The van der Waals surface area contributed by atoms with E-state index < -0.39 is 0 Å². The van der Waals surface area contributed by atoms with Crippen molar-refractivity contribution in [2.45, 2.75) is 27.4 Å². The van der Waals surface area contributed by atoms with Crippen LogP contribution in [0.2, 0.25) is 0 Å². The van der Waals surface area contributed by atoms with Crippen LogP contribution in [0.5, 0.6) is 17.4 Å². The summed E-state index contributed by atoms with van der Waals surface area (Å²) >= 11 is 0. The largest absolute Gasteiger partial charge is 0.507 e. The Balaban J connectivity index is 2.04. The molecule has 23 heavy (non-hydrogen) atoms. The second-order valence-corrected chi connectivity index (χ2v) is 5.63. The summed E-state index contributed by atoms with van der Waals surface area (Å²) in [6, 6.07) is 5.35. The minimum Gasteiger partial charge on any atom is -0.507 e. The van der Waals surface area contributed by atoms with E-state index in [2.05, 4.69) is 9.97 Å². The van der Waals surface area contributed by atoms with Gasteiger partial charge in [0.15, 0.2) is 5.65 Å². The number of rotatable bonds is 3. The fourth-order valence-electron chi connectivity index (χ4n) is 2.54. The molecule has 0 unspecified atom stereocenters. The number of hydrogen-bond acceptors (Lipinski definition) is 5. The van der Waals surface area contributed by atoms with Gasteiger partial charge < -0.3 is 19.5 Å². The van der Waals surface area contributed by atoms with E-state index in [1.54, 1.807) is 23.7 Å². The third-order valence-corrected chi connectivity index (χ3v) is 4.15. The molecule has 0 amide bonds. The van der Waals surface area contributed by atoms with Crippen molar-refractivity contribution in [1.29, 1.82) is 0 Å². The second kappa shape index (κ2) is 5.55. The zero-order valence-corrected chi connectivity index (χ0v) is 13.6. The maximum atomic E-state index is 9.98. The molecule has 3 rings (SSSR count). The van der Waals surface area contributed by atoms with E-state index in [9.17, 15) is 10.2 Å². The van der Waals surface area contributed by atoms with Gasteiger partial charge in [0.25, 0.3) is 0 Å². The van der Waals surface area contributed by atoms with E-state index in [1.165, 1.54) is 0 Å². The van der Waals surface area contributed by atoms with E-state index in [1.807, 2.05) is 26.8 Å². The first-order chi connectivity index (χ1) is 10.9. The molecule has 6 nitrogen and oxygen atoms in total. The average molecular weight is 313 g/mol. The molecule has 0 aliphatic carbocycles. The van der Waals surface area contributed by atoms with Gasteiger partial charge in [0.05, 0.1) is 0 Å². The lowest BCUT2D eigenvalue weighted by Crippen LogP contribution is -1.99. The summed E-state index contributed by atoms with van der Waals surface area (Å²) in [6.45, 7) is 5.45. The zero-order chi connectivity index (χ0) is 16.7. The first-order valence-electron chi connectivity index (χ1n) is 7.33. The van der Waals surface area contributed by atoms with Crippen LogP contribution in [0, 0.1) is 20.8 Å². The number of phenolic OH excluding ortho intramolecular Hbond substituents is 1. The molecule has 0 bridgehead atoms. The number of pyridine rings is 1. The van der Waals surface area contributed by atoms with Crippen LogP contribution in [0.4, 0.5) is 0 Å². The number of phenols is 1. The lowest BCUT2D eigenvalue weighted by atomic mass is 10.0. The Labute approximate surface area is 134 Å². The van der Waals surface area contributed by atoms with Crippen molar-refractivity contribution in [1.82, 2.24) is 14.5 Å². The van der Waals surface area contributed by atoms with Crippen molar-refractivity contribution in [3.63, 3.8) is 0 Å². The number of benzene rings is 1. The predicted octanol–water partition coefficient (Wildman–Crippen LogP) is 2.88. The third kappa shape index (κ3) is 2.51. The average Bonchev–Trinajstić information content (AvgIpc) is 2.86. The molecule has 0 radical (unpaired) electrons. The van der Waals surface area contributed by atoms with Crippen LogP contribution in [0.15, 0.2) is 18.2 Å². The number of nitrogens with zero attached hydrogens (tertiary/aromatic N) is 3. The van der Waals surface area contributed by atoms with Crippen LogP contribution in [-0.4, -0.2) is 24.7 Å². The van der Waals surface area contributed by atoms with E-state index in [0.29, 0.717) is 28.6 Å². The second-order valence-electron chi connectivity index (χ2n) is 5.63. The minimum absolute atomic E-state index is 0.140. The Morgan fingerprint density at radius 3 is 2.57 bits per heavy atom. The number of aliphatic hydroxyl groups excluding tert-OH is 1. The maximum absolute atomic E-state index is 9.98. The molecule has 2 aromatic heterocycles. The molecule has 0 saturated heterocycles. The molecule has 0 aliphatic heterocycles. The number of hydrogen-bond donors (Lipinski definition) is 2. The number of aliphatic hydroxyl groups is 1. The molecule has 0 saturated carbocycles. The van der Waals surface area contributed by atoms with Crippen molar-refractivity contribution in [3.05, 3.63) is 40.7 Å². The normalized spacial score (nSPS) is 11.2. The number of fused-ring (bicyclic) bond motifs is 1. The smallest absolute Gasteiger partial charge is 0.221 e. The van der Waals surface area contributed by atoms with Crippen molar-refractivity contribution < 1.29 is 14.9 Å². The summed E-state index contributed by atoms with van der Waals surface area (Å²) < 4.78 is 7.64. The predicted molar refractivity (Wildman–Crippen MR) is 86.8 cm³/mol. The topological polar surface area (TPSA) is 80.4 Å². The number of aromatic hydroxyl groups is 1. The number of imidazole rings is 1. The Morgan fingerprint density at radius 1 is 1.13 bits per heavy atom. The molecular weight excluding hydrogens is 294 g/mol. The van der Waals surface area contributed by atoms with Crippen LogP contribution in [0.1, 0.15) is 22.5 Å². The van der Waals surface area contributed by atoms with Gasteiger partial charge in [-0.1, -0.05) is 0 Å². The monoisotopic (exact) mass is 313 g/mol. The van der Waals surface area contributed by atoms with Gasteiger partial charge in [-0.25, -0.2) is 4.98 Å². The summed E-state index contributed by atoms with van der Waals surface area (Å²) in [5.41, 5.74) is 3.78. The van der Waals surface area contributed by atoms with Crippen molar-refractivity contribution in [2.75, 3.05) is 0 Å². The SMILES string of the molecule is Cc1cc(Oc2ccc3nc(CO)n(C)c3n2)c(C)c(C)c1O. The lowest BCUT2D eigenvalue weighted by molar-refractivity contribution is 0.268. The molecule has 1 aromatic carbocycles. The maximum Gasteiger partial charge on any atom is 0.221 e. The summed E-state index contributed by atoms with van der Waals surface area (Å²) in [6.07, 6.45) is 0. The Kier molecular flexibility index (Phi) is 3.69. The van der Waals surface area contributed by atoms with Gasteiger partial charge in [0.1, 0.15) is 29.4 Å². The summed E-state index contributed by atoms with van der Waals surface area (Å²) in [7, 11) is 1.80. The van der Waals surface area contributed by atoms with Crippen LogP contribution in [-0.2, 0) is 13.7 Å². The van der Waals surface area contributed by atoms with Crippen LogP contribution < -0.4 is 4.74 Å². The third-order valence-electron chi connectivity index (χ3n) is 4.15. The zero-order valence-electron chi connectivity index (χ0n) is 13.6. The summed E-state index contributed by atoms with van der Waals surface area (Å²) in [4.78, 5) is 8.76. The molecule has 3 aromatic rings. The van der Waals surface area contributed by atoms with Crippen LogP contribution in [0.25, 0.3) is 11.2 Å². The van der Waals surface area contributed by atoms with Crippen LogP contribution >= 0.6 is 0 Å². The van der Waals surface area contributed by atoms with Gasteiger partial charge >= 0.3 is 0 Å². The fourth-order valence-corrected chi connectivity index (χ4v) is 2.54. The highest BCUT2D eigenvalue weighted by molar-refractivity contribution is 5.72. The van der Waals surface area contributed by atoms with Crippen LogP contribution in [0.3, 0.4) is 0 Å². The van der Waals surface area contributed by atoms with Gasteiger partial charge in [-0.15, -0.1) is 0 Å². The summed E-state index contributed by atoms with van der Waals surface area (Å²) in [5, 5.41) is 19.3. The van der Waals surface area contributed by atoms with E-state index >= 15 is 0 Å². The first-order valence-corrected chi connectivity index (χ1v) is 7.33. The van der Waals surface area contributed by atoms with E-state index in [0.717, 1.165) is 16.7 Å². The molecule has 0 spiro atoms. The molecule has 0 aliphatic rings. The quantitative estimate of drug-likeness (QED) is 0.777. The van der Waals surface area contributed by atoms with Crippen molar-refractivity contribution in [3.8, 4) is 17.4 Å². The highest BCUT2D eigenvalue weighted by atomic mass is 16.5. The lowest BCUT2D eigenvalue weighted by Gasteiger charge is -2.13. The fraction of sp³-hybridized carbons (Fsp3) is 0.294. The van der Waals surface area contributed by atoms with Crippen molar-refractivity contribution in [2.24, 2.45) is 7.05 Å². The Morgan fingerprint density at radius 2 is 1.87 bits per heavy atom. The van der Waals surface area contributed by atoms with E-state index in [-0.39, 0.29) is 12.4 Å². The summed E-state index contributed by atoms with van der Waals surface area (Å²) in [5.74, 6) is 1.95. The molecule has 0 fully saturated rings. The Hall–Kier alpha value is -2.60. The number of aromatic nitrogens is 3. The molecule has 120 valence electrons. The molecule has 0 atom stereocenters. The highest BCUT2D eigenvalue weighted by Crippen LogP contribution is 2.34. The molecule has 6 heteroatoms. The number of aryl methyl sites for hydroxylation is 2. The number of ether oxygens (including phenoxy) is 1. The van der Waals surface area contributed by atoms with Gasteiger partial charge in [-0.3, -0.25) is 0 Å². The molecular formula is C17H19N3O3. The van der Waals surface area contributed by atoms with Gasteiger partial charge in [-0.05, 0) is 49.6 Å². The highest BCUT2D eigenvalue weighted by Gasteiger charge is 2.13. The van der Waals surface area contributed by atoms with Gasteiger partial charge in [0.2, 0.25) is 5.88 Å².